The Hall–Kier alpha value is -1.07. The second-order valence-electron chi connectivity index (χ2n) is 6.10. The Morgan fingerprint density at radius 2 is 1.76 bits per heavy atom. The Morgan fingerprint density at radius 3 is 2.29 bits per heavy atom. The van der Waals surface area contributed by atoms with Gasteiger partial charge >= 0.3 is 0 Å². The van der Waals surface area contributed by atoms with Gasteiger partial charge in [-0.15, -0.1) is 0 Å². The maximum absolute atomic E-state index is 12.0. The molecule has 21 heavy (non-hydrogen) atoms. The highest BCUT2D eigenvalue weighted by atomic mass is 32.2. The van der Waals surface area contributed by atoms with Crippen LogP contribution >= 0.6 is 0 Å². The van der Waals surface area contributed by atoms with Crippen molar-refractivity contribution >= 4 is 9.84 Å². The zero-order chi connectivity index (χ0) is 15.9. The Bertz CT molecular complexity index is 515. The van der Waals surface area contributed by atoms with Gasteiger partial charge in [-0.2, -0.15) is 0 Å². The van der Waals surface area contributed by atoms with Crippen LogP contribution in [0.4, 0.5) is 0 Å². The minimum absolute atomic E-state index is 0.0380. The predicted molar refractivity (Wildman–Crippen MR) is 87.5 cm³/mol. The summed E-state index contributed by atoms with van der Waals surface area (Å²) in [6.45, 7) is 9.29. The fraction of sp³-hybridized carbons (Fsp3) is 0.625. The van der Waals surface area contributed by atoms with Crippen LogP contribution in [0.1, 0.15) is 39.7 Å². The van der Waals surface area contributed by atoms with E-state index in [0.717, 1.165) is 19.5 Å². The van der Waals surface area contributed by atoms with E-state index >= 15 is 0 Å². The van der Waals surface area contributed by atoms with Gasteiger partial charge in [0, 0.05) is 6.54 Å². The largest absolute Gasteiger partial charge is 0.493 e. The fourth-order valence-corrected chi connectivity index (χ4v) is 2.60. The van der Waals surface area contributed by atoms with Gasteiger partial charge in [0.25, 0.3) is 0 Å². The summed E-state index contributed by atoms with van der Waals surface area (Å²) in [6.07, 6.45) is 1.11. The molecule has 0 aliphatic carbocycles. The van der Waals surface area contributed by atoms with Crippen molar-refractivity contribution in [1.29, 1.82) is 0 Å². The van der Waals surface area contributed by atoms with Crippen molar-refractivity contribution in [2.24, 2.45) is 0 Å². The van der Waals surface area contributed by atoms with Gasteiger partial charge in [0.05, 0.1) is 10.5 Å². The Kier molecular flexibility index (Phi) is 6.68. The first-order valence-electron chi connectivity index (χ1n) is 7.41. The molecule has 0 spiro atoms. The highest BCUT2D eigenvalue weighted by Crippen LogP contribution is 2.17. The molecule has 0 atom stereocenters. The van der Waals surface area contributed by atoms with Crippen LogP contribution < -0.4 is 10.1 Å². The Labute approximate surface area is 128 Å². The molecule has 0 saturated carbocycles. The molecule has 0 amide bonds. The van der Waals surface area contributed by atoms with Gasteiger partial charge < -0.3 is 10.1 Å². The van der Waals surface area contributed by atoms with E-state index in [2.05, 4.69) is 12.2 Å². The van der Waals surface area contributed by atoms with E-state index in [9.17, 15) is 8.42 Å². The highest BCUT2D eigenvalue weighted by molar-refractivity contribution is 7.92. The van der Waals surface area contributed by atoms with Crippen LogP contribution in [0.3, 0.4) is 0 Å². The molecule has 1 aromatic rings. The topological polar surface area (TPSA) is 55.4 Å². The quantitative estimate of drug-likeness (QED) is 0.750. The first kappa shape index (κ1) is 18.0. The fourth-order valence-electron chi connectivity index (χ4n) is 1.69. The molecule has 120 valence electrons. The van der Waals surface area contributed by atoms with E-state index in [1.54, 1.807) is 20.8 Å². The monoisotopic (exact) mass is 313 g/mol. The van der Waals surface area contributed by atoms with E-state index in [1.807, 2.05) is 24.3 Å². The molecule has 0 radical (unpaired) electrons. The van der Waals surface area contributed by atoms with Gasteiger partial charge in [-0.05, 0) is 51.4 Å². The Balaban J connectivity index is 2.43. The van der Waals surface area contributed by atoms with Crippen molar-refractivity contribution in [1.82, 2.24) is 5.32 Å². The molecule has 1 aromatic carbocycles. The van der Waals surface area contributed by atoms with Gasteiger partial charge in [0.1, 0.15) is 12.4 Å². The van der Waals surface area contributed by atoms with Gasteiger partial charge in [0.15, 0.2) is 9.84 Å². The van der Waals surface area contributed by atoms with Gasteiger partial charge in [-0.25, -0.2) is 8.42 Å². The lowest BCUT2D eigenvalue weighted by molar-refractivity contribution is 0.339. The van der Waals surface area contributed by atoms with E-state index in [-0.39, 0.29) is 12.4 Å². The lowest BCUT2D eigenvalue weighted by Crippen LogP contribution is -2.32. The first-order chi connectivity index (χ1) is 9.76. The second-order valence-corrected chi connectivity index (χ2v) is 8.96. The number of rotatable bonds is 8. The number of hydrogen-bond acceptors (Lipinski definition) is 4. The summed E-state index contributed by atoms with van der Waals surface area (Å²) in [6, 6.07) is 7.76. The van der Waals surface area contributed by atoms with E-state index in [0.29, 0.717) is 5.75 Å². The van der Waals surface area contributed by atoms with Gasteiger partial charge in [-0.1, -0.05) is 19.1 Å². The molecule has 0 heterocycles. The van der Waals surface area contributed by atoms with Crippen LogP contribution in [0.5, 0.6) is 5.75 Å². The summed E-state index contributed by atoms with van der Waals surface area (Å²) >= 11 is 0. The van der Waals surface area contributed by atoms with Gasteiger partial charge in [-0.3, -0.25) is 0 Å². The van der Waals surface area contributed by atoms with Crippen molar-refractivity contribution in [3.63, 3.8) is 0 Å². The van der Waals surface area contributed by atoms with E-state index < -0.39 is 14.6 Å². The van der Waals surface area contributed by atoms with Crippen LogP contribution in [0, 0.1) is 0 Å². The van der Waals surface area contributed by atoms with Crippen molar-refractivity contribution in [2.45, 2.75) is 45.4 Å². The molecule has 5 heteroatoms. The van der Waals surface area contributed by atoms with E-state index in [1.165, 1.54) is 5.56 Å². The van der Waals surface area contributed by atoms with Crippen LogP contribution in [-0.4, -0.2) is 32.1 Å². The molecule has 0 unspecified atom stereocenters. The normalized spacial score (nSPS) is 12.4. The molecular formula is C16H27NO3S. The number of benzene rings is 1. The minimum atomic E-state index is -3.13. The highest BCUT2D eigenvalue weighted by Gasteiger charge is 2.28. The minimum Gasteiger partial charge on any atom is -0.493 e. The summed E-state index contributed by atoms with van der Waals surface area (Å²) in [5, 5.41) is 3.33. The summed E-state index contributed by atoms with van der Waals surface area (Å²) in [5.41, 5.74) is 1.19. The third-order valence-electron chi connectivity index (χ3n) is 3.23. The summed E-state index contributed by atoms with van der Waals surface area (Å²) in [7, 11) is -3.13. The summed E-state index contributed by atoms with van der Waals surface area (Å²) < 4.78 is 28.7. The molecule has 1 rings (SSSR count). The number of ether oxygens (including phenoxy) is 1. The first-order valence-corrected chi connectivity index (χ1v) is 9.06. The van der Waals surface area contributed by atoms with Crippen LogP contribution in [0.25, 0.3) is 0 Å². The zero-order valence-corrected chi connectivity index (χ0v) is 14.3. The number of nitrogens with one attached hydrogen (secondary N) is 1. The van der Waals surface area contributed by atoms with Crippen molar-refractivity contribution < 1.29 is 13.2 Å². The summed E-state index contributed by atoms with van der Waals surface area (Å²) in [4.78, 5) is 0. The molecule has 4 nitrogen and oxygen atoms in total. The number of sulfone groups is 1. The molecule has 0 bridgehead atoms. The van der Waals surface area contributed by atoms with Crippen molar-refractivity contribution in [3.05, 3.63) is 29.8 Å². The third-order valence-corrected chi connectivity index (χ3v) is 5.80. The molecule has 0 aromatic heterocycles. The second kappa shape index (κ2) is 7.80. The van der Waals surface area contributed by atoms with Crippen molar-refractivity contribution in [3.8, 4) is 5.75 Å². The average Bonchev–Trinajstić information content (AvgIpc) is 2.39. The predicted octanol–water partition coefficient (Wildman–Crippen LogP) is 2.78. The lowest BCUT2D eigenvalue weighted by Gasteiger charge is -2.19. The number of hydrogen-bond donors (Lipinski definition) is 1. The van der Waals surface area contributed by atoms with E-state index in [4.69, 9.17) is 4.74 Å². The van der Waals surface area contributed by atoms with Crippen LogP contribution in [0.2, 0.25) is 0 Å². The smallest absolute Gasteiger partial charge is 0.158 e. The van der Waals surface area contributed by atoms with Crippen LogP contribution in [0.15, 0.2) is 24.3 Å². The lowest BCUT2D eigenvalue weighted by atomic mass is 10.2. The third kappa shape index (κ3) is 6.06. The average molecular weight is 313 g/mol. The maximum Gasteiger partial charge on any atom is 0.158 e. The molecule has 0 saturated heterocycles. The van der Waals surface area contributed by atoms with Crippen LogP contribution in [-0.2, 0) is 16.4 Å². The SMILES string of the molecule is CCCNCc1ccc(OCCS(=O)(=O)C(C)(C)C)cc1. The summed E-state index contributed by atoms with van der Waals surface area (Å²) in [5.74, 6) is 0.745. The molecule has 0 fully saturated rings. The Morgan fingerprint density at radius 1 is 1.14 bits per heavy atom. The maximum atomic E-state index is 12.0. The molecule has 1 N–H and O–H groups in total. The van der Waals surface area contributed by atoms with Crippen molar-refractivity contribution in [2.75, 3.05) is 18.9 Å². The zero-order valence-electron chi connectivity index (χ0n) is 13.5. The molecular weight excluding hydrogens is 286 g/mol. The molecule has 0 aliphatic rings. The van der Waals surface area contributed by atoms with Gasteiger partial charge in [0.2, 0.25) is 0 Å². The standard InChI is InChI=1S/C16H27NO3S/c1-5-10-17-13-14-6-8-15(9-7-14)20-11-12-21(18,19)16(2,3)4/h6-9,17H,5,10-13H2,1-4H3. The molecule has 0 aliphatic heterocycles.